The van der Waals surface area contributed by atoms with Crippen LogP contribution >= 0.6 is 0 Å². The second-order valence-electron chi connectivity index (χ2n) is 7.05. The van der Waals surface area contributed by atoms with Crippen LogP contribution in [-0.2, 0) is 6.18 Å². The summed E-state index contributed by atoms with van der Waals surface area (Å²) in [6, 6.07) is 14.2. The van der Waals surface area contributed by atoms with Crippen LogP contribution in [0, 0.1) is 0 Å². The molecule has 1 aliphatic rings. The van der Waals surface area contributed by atoms with E-state index in [2.05, 4.69) is 15.7 Å². The number of carbonyl (C=O) groups excluding carboxylic acids is 1. The van der Waals surface area contributed by atoms with Gasteiger partial charge in [0.1, 0.15) is 0 Å². The van der Waals surface area contributed by atoms with Gasteiger partial charge in [0.25, 0.3) is 0 Å². The van der Waals surface area contributed by atoms with E-state index in [1.165, 1.54) is 16.9 Å². The summed E-state index contributed by atoms with van der Waals surface area (Å²) in [6.45, 7) is 0.961. The lowest BCUT2D eigenvalue weighted by molar-refractivity contribution is -0.137. The Hall–Kier alpha value is -3.49. The molecule has 1 fully saturated rings. The number of nitrogens with one attached hydrogen (secondary N) is 2. The highest BCUT2D eigenvalue weighted by Gasteiger charge is 2.32. The van der Waals surface area contributed by atoms with Gasteiger partial charge in [0, 0.05) is 37.2 Å². The number of para-hydroxylation sites is 1. The number of hydrogen-bond acceptors (Lipinski definition) is 3. The van der Waals surface area contributed by atoms with Gasteiger partial charge >= 0.3 is 12.2 Å². The normalized spacial score (nSPS) is 16.5. The van der Waals surface area contributed by atoms with E-state index in [4.69, 9.17) is 0 Å². The van der Waals surface area contributed by atoms with Crippen molar-refractivity contribution in [2.75, 3.05) is 23.7 Å². The minimum Gasteiger partial charge on any atom is -0.380 e. The molecule has 0 saturated carbocycles. The molecule has 2 N–H and O–H groups in total. The average molecular weight is 415 g/mol. The van der Waals surface area contributed by atoms with Gasteiger partial charge in [-0.1, -0.05) is 18.2 Å². The molecule has 2 aromatic carbocycles. The molecule has 1 unspecified atom stereocenters. The molecule has 1 aliphatic heterocycles. The molecule has 0 spiro atoms. The number of hydrogen-bond donors (Lipinski definition) is 2. The number of nitrogens with zero attached hydrogens (tertiary/aromatic N) is 3. The average Bonchev–Trinajstić information content (AvgIpc) is 3.40. The minimum absolute atomic E-state index is 0.0537. The number of benzene rings is 2. The maximum Gasteiger partial charge on any atom is 0.416 e. The lowest BCUT2D eigenvalue weighted by atomic mass is 10.1. The molecule has 0 radical (unpaired) electrons. The third kappa shape index (κ3) is 4.40. The Balaban J connectivity index is 1.50. The summed E-state index contributed by atoms with van der Waals surface area (Å²) in [6.07, 6.45) is -0.644. The lowest BCUT2D eigenvalue weighted by Gasteiger charge is -2.20. The monoisotopic (exact) mass is 415 g/mol. The third-order valence-corrected chi connectivity index (χ3v) is 4.94. The van der Waals surface area contributed by atoms with Crippen LogP contribution in [0.5, 0.6) is 0 Å². The molecule has 6 nitrogen and oxygen atoms in total. The topological polar surface area (TPSA) is 62.2 Å². The van der Waals surface area contributed by atoms with Crippen molar-refractivity contribution < 1.29 is 18.0 Å². The van der Waals surface area contributed by atoms with Crippen molar-refractivity contribution in [3.63, 3.8) is 0 Å². The molecule has 2 heterocycles. The summed E-state index contributed by atoms with van der Waals surface area (Å²) in [4.78, 5) is 14.4. The number of halogens is 3. The lowest BCUT2D eigenvalue weighted by Crippen LogP contribution is -2.35. The van der Waals surface area contributed by atoms with Crippen LogP contribution in [-0.4, -0.2) is 39.8 Å². The van der Waals surface area contributed by atoms with Crippen LogP contribution in [0.4, 0.5) is 29.3 Å². The Kier molecular flexibility index (Phi) is 5.35. The largest absolute Gasteiger partial charge is 0.416 e. The van der Waals surface area contributed by atoms with Crippen LogP contribution in [0.2, 0.25) is 0 Å². The smallest absolute Gasteiger partial charge is 0.380 e. The molecule has 1 atom stereocenters. The highest BCUT2D eigenvalue weighted by Crippen LogP contribution is 2.33. The van der Waals surface area contributed by atoms with Crippen molar-refractivity contribution >= 4 is 17.4 Å². The molecule has 0 aliphatic carbocycles. The summed E-state index contributed by atoms with van der Waals surface area (Å²) in [7, 11) is 0. The summed E-state index contributed by atoms with van der Waals surface area (Å²) in [5.41, 5.74) is 0.542. The summed E-state index contributed by atoms with van der Waals surface area (Å²) in [5.74, 6) is 0. The first-order chi connectivity index (χ1) is 14.4. The number of likely N-dealkylation sites (tertiary alicyclic amines) is 1. The van der Waals surface area contributed by atoms with Gasteiger partial charge in [0.2, 0.25) is 0 Å². The van der Waals surface area contributed by atoms with E-state index in [0.29, 0.717) is 18.8 Å². The molecule has 2 amide bonds. The van der Waals surface area contributed by atoms with Gasteiger partial charge in [-0.3, -0.25) is 0 Å². The third-order valence-electron chi connectivity index (χ3n) is 4.94. The van der Waals surface area contributed by atoms with Crippen molar-refractivity contribution in [2.24, 2.45) is 0 Å². The SMILES string of the molecule is O=C(Nc1cc(C(F)(F)F)ccc1-n1cccn1)N1CCC(Nc2ccccc2)C1. The van der Waals surface area contributed by atoms with Crippen LogP contribution in [0.25, 0.3) is 5.69 Å². The Labute approximate surface area is 171 Å². The zero-order chi connectivity index (χ0) is 21.1. The van der Waals surface area contributed by atoms with Gasteiger partial charge in [0.05, 0.1) is 16.9 Å². The number of carbonyl (C=O) groups is 1. The number of amides is 2. The maximum absolute atomic E-state index is 13.2. The predicted molar refractivity (Wildman–Crippen MR) is 108 cm³/mol. The molecule has 4 rings (SSSR count). The number of anilines is 2. The van der Waals surface area contributed by atoms with Crippen LogP contribution in [0.15, 0.2) is 67.0 Å². The molecule has 30 heavy (non-hydrogen) atoms. The van der Waals surface area contributed by atoms with Crippen molar-refractivity contribution in [3.05, 3.63) is 72.6 Å². The van der Waals surface area contributed by atoms with Crippen LogP contribution < -0.4 is 10.6 Å². The van der Waals surface area contributed by atoms with E-state index in [-0.39, 0.29) is 11.7 Å². The molecule has 9 heteroatoms. The fourth-order valence-electron chi connectivity index (χ4n) is 3.45. The standard InChI is InChI=1S/C21H20F3N5O/c22-21(23,24)15-7-8-19(29-11-4-10-25-29)18(13-15)27-20(30)28-12-9-17(14-28)26-16-5-2-1-3-6-16/h1-8,10-11,13,17,26H,9,12,14H2,(H,27,30). The van der Waals surface area contributed by atoms with Crippen molar-refractivity contribution in [2.45, 2.75) is 18.6 Å². The fraction of sp³-hybridized carbons (Fsp3) is 0.238. The Bertz CT molecular complexity index is 1010. The van der Waals surface area contributed by atoms with Crippen molar-refractivity contribution in [1.82, 2.24) is 14.7 Å². The van der Waals surface area contributed by atoms with E-state index >= 15 is 0 Å². The van der Waals surface area contributed by atoms with Gasteiger partial charge in [0.15, 0.2) is 0 Å². The first kappa shape index (κ1) is 19.8. The second-order valence-corrected chi connectivity index (χ2v) is 7.05. The maximum atomic E-state index is 13.2. The highest BCUT2D eigenvalue weighted by molar-refractivity contribution is 5.92. The van der Waals surface area contributed by atoms with Crippen molar-refractivity contribution in [3.8, 4) is 5.69 Å². The molecule has 0 bridgehead atoms. The zero-order valence-corrected chi connectivity index (χ0v) is 15.9. The van der Waals surface area contributed by atoms with Crippen LogP contribution in [0.3, 0.4) is 0 Å². The molecule has 156 valence electrons. The minimum atomic E-state index is -4.51. The van der Waals surface area contributed by atoms with Gasteiger partial charge in [-0.05, 0) is 42.8 Å². The summed E-state index contributed by atoms with van der Waals surface area (Å²) >= 11 is 0. The van der Waals surface area contributed by atoms with Gasteiger partial charge in [-0.25, -0.2) is 9.48 Å². The number of urea groups is 1. The first-order valence-corrected chi connectivity index (χ1v) is 9.49. The quantitative estimate of drug-likeness (QED) is 0.654. The Morgan fingerprint density at radius 2 is 1.90 bits per heavy atom. The van der Waals surface area contributed by atoms with Crippen LogP contribution in [0.1, 0.15) is 12.0 Å². The summed E-state index contributed by atoms with van der Waals surface area (Å²) < 4.78 is 41.0. The van der Waals surface area contributed by atoms with Gasteiger partial charge < -0.3 is 15.5 Å². The number of alkyl halides is 3. The molecular formula is C21H20F3N5O. The zero-order valence-electron chi connectivity index (χ0n) is 15.9. The van der Waals surface area contributed by atoms with E-state index in [1.54, 1.807) is 17.2 Å². The highest BCUT2D eigenvalue weighted by atomic mass is 19.4. The van der Waals surface area contributed by atoms with Gasteiger partial charge in [-0.2, -0.15) is 18.3 Å². The second kappa shape index (κ2) is 8.10. The van der Waals surface area contributed by atoms with E-state index in [1.807, 2.05) is 30.3 Å². The Morgan fingerprint density at radius 1 is 1.10 bits per heavy atom. The molecule has 1 saturated heterocycles. The molecule has 1 aromatic heterocycles. The molecular weight excluding hydrogens is 395 g/mol. The predicted octanol–water partition coefficient (Wildman–Crippen LogP) is 4.61. The summed E-state index contributed by atoms with van der Waals surface area (Å²) in [5, 5.41) is 10.1. The fourth-order valence-corrected chi connectivity index (χ4v) is 3.45. The first-order valence-electron chi connectivity index (χ1n) is 9.49. The van der Waals surface area contributed by atoms with E-state index in [0.717, 1.165) is 24.2 Å². The Morgan fingerprint density at radius 3 is 2.60 bits per heavy atom. The van der Waals surface area contributed by atoms with Crippen molar-refractivity contribution in [1.29, 1.82) is 0 Å². The van der Waals surface area contributed by atoms with Gasteiger partial charge in [-0.15, -0.1) is 0 Å². The number of aromatic nitrogens is 2. The number of rotatable bonds is 4. The molecule has 3 aromatic rings. The van der Waals surface area contributed by atoms with E-state index in [9.17, 15) is 18.0 Å². The van der Waals surface area contributed by atoms with E-state index < -0.39 is 17.8 Å².